The third-order valence-corrected chi connectivity index (χ3v) is 9.82. The number of carbonyl (C=O) groups is 1. The molecule has 11 nitrogen and oxygen atoms in total. The molecule has 6 rings (SSSR count). The van der Waals surface area contributed by atoms with Crippen LogP contribution < -0.4 is 14.4 Å². The van der Waals surface area contributed by atoms with Gasteiger partial charge in [-0.1, -0.05) is 24.3 Å². The van der Waals surface area contributed by atoms with E-state index in [1.54, 1.807) is 21.6 Å². The molecule has 3 N–H and O–H groups in total. The molecule has 2 aliphatic rings. The van der Waals surface area contributed by atoms with E-state index in [9.17, 15) is 13.9 Å². The van der Waals surface area contributed by atoms with Crippen molar-refractivity contribution in [2.24, 2.45) is 0 Å². The van der Waals surface area contributed by atoms with Gasteiger partial charge < -0.3 is 19.7 Å². The van der Waals surface area contributed by atoms with Crippen LogP contribution in [0.4, 0.5) is 16.4 Å². The van der Waals surface area contributed by atoms with Gasteiger partial charge in [-0.15, -0.1) is 10.8 Å². The summed E-state index contributed by atoms with van der Waals surface area (Å²) in [6, 6.07) is 15.3. The minimum atomic E-state index is -2.85. The quantitative estimate of drug-likeness (QED) is 0.196. The second-order valence-electron chi connectivity index (χ2n) is 12.5. The van der Waals surface area contributed by atoms with Crippen molar-refractivity contribution in [3.05, 3.63) is 66.5 Å². The number of nitrogens with zero attached hydrogens (tertiary/aromatic N) is 5. The van der Waals surface area contributed by atoms with Gasteiger partial charge in [0.05, 0.1) is 22.7 Å². The van der Waals surface area contributed by atoms with Crippen LogP contribution in [0.1, 0.15) is 45.6 Å². The number of hydrogen-bond acceptors (Lipinski definition) is 10. The van der Waals surface area contributed by atoms with Crippen molar-refractivity contribution in [3.63, 3.8) is 0 Å². The number of aromatic nitrogens is 3. The summed E-state index contributed by atoms with van der Waals surface area (Å²) in [6.45, 7) is 9.31. The first kappa shape index (κ1) is 30.9. The molecule has 0 spiro atoms. The Labute approximate surface area is 265 Å². The Balaban J connectivity index is 1.26. The van der Waals surface area contributed by atoms with Crippen LogP contribution in [0.15, 0.2) is 60.9 Å². The Morgan fingerprint density at radius 1 is 1.00 bits per heavy atom. The highest BCUT2D eigenvalue weighted by atomic mass is 32.3. The van der Waals surface area contributed by atoms with Gasteiger partial charge in [0.15, 0.2) is 0 Å². The number of piperidine rings is 1. The molecule has 0 radical (unpaired) electrons. The molecular formula is C33H40N6O5S. The third-order valence-electron chi connectivity index (χ3n) is 7.89. The van der Waals surface area contributed by atoms with Crippen LogP contribution in [0.25, 0.3) is 22.0 Å². The third kappa shape index (κ3) is 6.77. The number of benzene rings is 2. The van der Waals surface area contributed by atoms with E-state index in [1.165, 1.54) is 0 Å². The Bertz CT molecular complexity index is 1710. The van der Waals surface area contributed by atoms with Gasteiger partial charge in [-0.3, -0.25) is 13.4 Å². The number of fused-ring (bicyclic) bond motifs is 1. The molecule has 1 amide bonds. The van der Waals surface area contributed by atoms with Crippen molar-refractivity contribution in [1.82, 2.24) is 19.9 Å². The van der Waals surface area contributed by atoms with Crippen LogP contribution in [0.5, 0.6) is 11.6 Å². The van der Waals surface area contributed by atoms with E-state index >= 15 is 0 Å². The van der Waals surface area contributed by atoms with Gasteiger partial charge in [-0.2, -0.15) is 0 Å². The van der Waals surface area contributed by atoms with Crippen molar-refractivity contribution in [1.29, 1.82) is 0 Å². The molecule has 4 aromatic rings. The molecule has 12 heteroatoms. The lowest BCUT2D eigenvalue weighted by molar-refractivity contribution is 0.0206. The maximum atomic E-state index is 12.7. The van der Waals surface area contributed by atoms with Gasteiger partial charge in [0.1, 0.15) is 11.4 Å². The lowest BCUT2D eigenvalue weighted by Crippen LogP contribution is -2.47. The zero-order chi connectivity index (χ0) is 31.8. The maximum Gasteiger partial charge on any atom is 0.410 e. The number of likely N-dealkylation sites (tertiary alicyclic amines) is 1. The van der Waals surface area contributed by atoms with Gasteiger partial charge in [0.2, 0.25) is 11.8 Å². The number of anilines is 2. The molecule has 1 unspecified atom stereocenters. The van der Waals surface area contributed by atoms with Crippen LogP contribution >= 0.6 is 10.8 Å². The normalized spacial score (nSPS) is 18.9. The van der Waals surface area contributed by atoms with Crippen LogP contribution in [0.3, 0.4) is 0 Å². The molecule has 45 heavy (non-hydrogen) atoms. The van der Waals surface area contributed by atoms with E-state index in [4.69, 9.17) is 14.5 Å². The van der Waals surface area contributed by atoms with Gasteiger partial charge in [0.25, 0.3) is 0 Å². The smallest absolute Gasteiger partial charge is 0.410 e. The lowest BCUT2D eigenvalue weighted by Gasteiger charge is -2.38. The largest absolute Gasteiger partial charge is 0.444 e. The van der Waals surface area contributed by atoms with Crippen molar-refractivity contribution in [2.45, 2.75) is 58.6 Å². The monoisotopic (exact) mass is 632 g/mol. The molecule has 2 saturated heterocycles. The highest BCUT2D eigenvalue weighted by molar-refractivity contribution is 8.25. The van der Waals surface area contributed by atoms with Crippen molar-refractivity contribution in [3.8, 4) is 22.9 Å². The molecule has 1 atom stereocenters. The first-order valence-corrected chi connectivity index (χ1v) is 16.9. The maximum absolute atomic E-state index is 12.7. The van der Waals surface area contributed by atoms with Crippen LogP contribution in [0, 0.1) is 6.92 Å². The standard InChI is InChI=1S/C33H40N6O5S/c1-22-13-14-24-25(10-5-12-28(24)39-19-8-20-45(39,41)42)29(22)43-30-26(11-6-16-34-30)27-15-17-35-31(37-27)36-23-9-7-18-38(21-23)32(40)44-33(2,3)4/h5-6,10-17,23,41-42H,7-9,18-21H2,1-4H3,(H,35,36,37). The molecular weight excluding hydrogens is 592 g/mol. The molecule has 0 aliphatic carbocycles. The number of hydrogen-bond donors (Lipinski definition) is 3. The lowest BCUT2D eigenvalue weighted by atomic mass is 10.0. The number of nitrogens with one attached hydrogen (secondary N) is 1. The highest BCUT2D eigenvalue weighted by Crippen LogP contribution is 2.53. The molecule has 4 heterocycles. The van der Waals surface area contributed by atoms with Gasteiger partial charge >= 0.3 is 6.09 Å². The second-order valence-corrected chi connectivity index (χ2v) is 14.6. The molecule has 0 bridgehead atoms. The van der Waals surface area contributed by atoms with E-state index in [-0.39, 0.29) is 12.1 Å². The average molecular weight is 633 g/mol. The predicted octanol–water partition coefficient (Wildman–Crippen LogP) is 7.48. The molecule has 238 valence electrons. The van der Waals surface area contributed by atoms with E-state index < -0.39 is 16.4 Å². The van der Waals surface area contributed by atoms with Crippen molar-refractivity contribution >= 4 is 39.3 Å². The van der Waals surface area contributed by atoms with Gasteiger partial charge in [0, 0.05) is 48.8 Å². The van der Waals surface area contributed by atoms with E-state index in [2.05, 4.69) is 15.3 Å². The minimum Gasteiger partial charge on any atom is -0.444 e. The van der Waals surface area contributed by atoms with Gasteiger partial charge in [-0.05, 0) is 76.8 Å². The van der Waals surface area contributed by atoms with E-state index in [1.807, 2.05) is 76.2 Å². The fourth-order valence-electron chi connectivity index (χ4n) is 5.82. The summed E-state index contributed by atoms with van der Waals surface area (Å²) >= 11 is 0. The van der Waals surface area contributed by atoms with E-state index in [0.29, 0.717) is 54.2 Å². The fourth-order valence-corrected chi connectivity index (χ4v) is 7.46. The first-order valence-electron chi connectivity index (χ1n) is 15.3. The summed E-state index contributed by atoms with van der Waals surface area (Å²) < 4.78 is 35.2. The summed E-state index contributed by atoms with van der Waals surface area (Å²) in [5, 5.41) is 5.13. The molecule has 2 aromatic carbocycles. The number of pyridine rings is 1. The molecule has 2 aromatic heterocycles. The summed E-state index contributed by atoms with van der Waals surface area (Å²) in [7, 11) is -2.85. The summed E-state index contributed by atoms with van der Waals surface area (Å²) in [5.74, 6) is 1.85. The predicted molar refractivity (Wildman–Crippen MR) is 178 cm³/mol. The topological polar surface area (TPSA) is 133 Å². The molecule has 0 saturated carbocycles. The number of carbonyl (C=O) groups excluding carboxylic acids is 1. The van der Waals surface area contributed by atoms with Crippen molar-refractivity contribution < 1.29 is 23.4 Å². The first-order chi connectivity index (χ1) is 21.5. The summed E-state index contributed by atoms with van der Waals surface area (Å²) in [6.07, 6.45) is 5.51. The fraction of sp³-hybridized carbons (Fsp3) is 0.394. The number of rotatable bonds is 6. The molecule has 2 aliphatic heterocycles. The minimum absolute atomic E-state index is 0.0207. The van der Waals surface area contributed by atoms with Crippen LogP contribution in [-0.4, -0.2) is 72.1 Å². The average Bonchev–Trinajstić information content (AvgIpc) is 3.36. The van der Waals surface area contributed by atoms with Crippen LogP contribution in [0.2, 0.25) is 0 Å². The Morgan fingerprint density at radius 2 is 1.84 bits per heavy atom. The number of ether oxygens (including phenoxy) is 2. The number of aryl methyl sites for hydroxylation is 1. The zero-order valence-electron chi connectivity index (χ0n) is 26.1. The SMILES string of the molecule is Cc1ccc2c(N3CCCS3(O)O)cccc2c1Oc1ncccc1-c1ccnc(NC2CCCN(C(=O)OC(C)(C)C)C2)n1. The van der Waals surface area contributed by atoms with E-state index in [0.717, 1.165) is 41.3 Å². The zero-order valence-corrected chi connectivity index (χ0v) is 26.9. The number of amides is 1. The van der Waals surface area contributed by atoms with Crippen molar-refractivity contribution in [2.75, 3.05) is 35.0 Å². The Kier molecular flexibility index (Phi) is 8.47. The second kappa shape index (κ2) is 12.3. The Hall–Kier alpha value is -4.13. The van der Waals surface area contributed by atoms with Gasteiger partial charge in [-0.25, -0.2) is 19.7 Å². The Morgan fingerprint density at radius 3 is 2.62 bits per heavy atom. The highest BCUT2D eigenvalue weighted by Gasteiger charge is 2.31. The summed E-state index contributed by atoms with van der Waals surface area (Å²) in [5.41, 5.74) is 2.48. The molecule has 2 fully saturated rings. The summed E-state index contributed by atoms with van der Waals surface area (Å²) in [4.78, 5) is 28.2. The van der Waals surface area contributed by atoms with Crippen LogP contribution in [-0.2, 0) is 4.74 Å².